The maximum absolute atomic E-state index is 11.6. The van der Waals surface area contributed by atoms with E-state index in [0.717, 1.165) is 0 Å². The molecule has 0 saturated heterocycles. The van der Waals surface area contributed by atoms with E-state index in [9.17, 15) is 9.36 Å². The van der Waals surface area contributed by atoms with Gasteiger partial charge in [0.2, 0.25) is 0 Å². The maximum Gasteiger partial charge on any atom is 0.407 e. The number of halogens is 2. The van der Waals surface area contributed by atoms with Gasteiger partial charge in [0.05, 0.1) is 7.11 Å². The van der Waals surface area contributed by atoms with Crippen LogP contribution in [0.5, 0.6) is 0 Å². The summed E-state index contributed by atoms with van der Waals surface area (Å²) in [4.78, 5) is 11.1. The van der Waals surface area contributed by atoms with Gasteiger partial charge >= 0.3 is 6.09 Å². The highest BCUT2D eigenvalue weighted by Gasteiger charge is 2.31. The van der Waals surface area contributed by atoms with Gasteiger partial charge in [0, 0.05) is 0 Å². The van der Waals surface area contributed by atoms with Gasteiger partial charge in [-0.15, -0.1) is 0 Å². The summed E-state index contributed by atoms with van der Waals surface area (Å²) >= 11 is 11.2. The molecule has 88 valence electrons. The quantitative estimate of drug-likeness (QED) is 0.860. The van der Waals surface area contributed by atoms with E-state index in [1.165, 1.54) is 7.11 Å². The average molecular weight is 282 g/mol. The summed E-state index contributed by atoms with van der Waals surface area (Å²) in [7, 11) is 1.20. The Morgan fingerprint density at radius 3 is 2.38 bits per heavy atom. The van der Waals surface area contributed by atoms with Crippen LogP contribution in [0.3, 0.4) is 0 Å². The van der Waals surface area contributed by atoms with Crippen molar-refractivity contribution in [3.05, 3.63) is 35.9 Å². The van der Waals surface area contributed by atoms with Crippen molar-refractivity contribution < 1.29 is 14.1 Å². The summed E-state index contributed by atoms with van der Waals surface area (Å²) in [6.07, 6.45) is -0.740. The second kappa shape index (κ2) is 5.58. The predicted octanol–water partition coefficient (Wildman–Crippen LogP) is 3.71. The van der Waals surface area contributed by atoms with Crippen LogP contribution in [-0.4, -0.2) is 13.2 Å². The van der Waals surface area contributed by atoms with Crippen molar-refractivity contribution in [1.29, 1.82) is 0 Å². The van der Waals surface area contributed by atoms with Gasteiger partial charge in [-0.05, 0) is 28.0 Å². The number of methoxy groups -OCH3 is 1. The minimum atomic E-state index is -3.53. The number of carbonyl (C=O) groups excluding carboxylic acids is 1. The number of hydrogen-bond donors (Lipinski definition) is 1. The van der Waals surface area contributed by atoms with Crippen LogP contribution in [-0.2, 0) is 9.30 Å². The number of benzene rings is 1. The Balaban J connectivity index is 2.98. The van der Waals surface area contributed by atoms with Crippen LogP contribution in [0.15, 0.2) is 30.3 Å². The predicted molar refractivity (Wildman–Crippen MR) is 64.0 cm³/mol. The van der Waals surface area contributed by atoms with Crippen molar-refractivity contribution in [1.82, 2.24) is 5.32 Å². The minimum Gasteiger partial charge on any atom is -0.453 e. The van der Waals surface area contributed by atoms with Gasteiger partial charge in [0.25, 0.3) is 5.85 Å². The second-order valence-corrected chi connectivity index (χ2v) is 8.01. The fourth-order valence-electron chi connectivity index (χ4n) is 1.14. The monoisotopic (exact) mass is 281 g/mol. The molecule has 1 aromatic carbocycles. The Bertz CT molecular complexity index is 406. The first-order chi connectivity index (χ1) is 7.45. The molecule has 0 aliphatic rings. The first-order valence-electron chi connectivity index (χ1n) is 4.33. The molecule has 0 spiro atoms. The van der Waals surface area contributed by atoms with Crippen molar-refractivity contribution in [2.75, 3.05) is 7.11 Å². The zero-order valence-corrected chi connectivity index (χ0v) is 10.8. The van der Waals surface area contributed by atoms with Gasteiger partial charge in [-0.1, -0.05) is 30.3 Å². The number of carbonyl (C=O) groups is 1. The molecule has 0 unspecified atom stereocenters. The summed E-state index contributed by atoms with van der Waals surface area (Å²) < 4.78 is 16.0. The first-order valence-corrected chi connectivity index (χ1v) is 7.92. The highest BCUT2D eigenvalue weighted by Crippen LogP contribution is 2.66. The Hall–Kier alpha value is -0.700. The molecule has 1 amide bonds. The molecule has 0 aliphatic carbocycles. The van der Waals surface area contributed by atoms with Crippen LogP contribution in [0.4, 0.5) is 4.79 Å². The van der Waals surface area contributed by atoms with E-state index >= 15 is 0 Å². The smallest absolute Gasteiger partial charge is 0.407 e. The summed E-state index contributed by atoms with van der Waals surface area (Å²) in [6.45, 7) is 0. The summed E-state index contributed by atoms with van der Waals surface area (Å²) in [5.41, 5.74) is 0.557. The zero-order valence-electron chi connectivity index (χ0n) is 8.39. The van der Waals surface area contributed by atoms with E-state index in [2.05, 4.69) is 10.1 Å². The fourth-order valence-corrected chi connectivity index (χ4v) is 2.88. The summed E-state index contributed by atoms with van der Waals surface area (Å²) in [5, 5.41) is 2.33. The lowest BCUT2D eigenvalue weighted by Gasteiger charge is -2.18. The highest BCUT2D eigenvalue weighted by atomic mass is 35.9. The highest BCUT2D eigenvalue weighted by molar-refractivity contribution is 8.08. The number of hydrogen-bond acceptors (Lipinski definition) is 3. The van der Waals surface area contributed by atoms with E-state index < -0.39 is 17.7 Å². The van der Waals surface area contributed by atoms with Crippen molar-refractivity contribution >= 4 is 34.4 Å². The van der Waals surface area contributed by atoms with Gasteiger partial charge in [0.15, 0.2) is 0 Å². The SMILES string of the molecule is COC(=O)N[C@@H](c1ccccc1)P(=O)(Cl)Cl. The van der Waals surface area contributed by atoms with Gasteiger partial charge < -0.3 is 10.1 Å². The van der Waals surface area contributed by atoms with Gasteiger partial charge in [-0.3, -0.25) is 4.57 Å². The second-order valence-electron chi connectivity index (χ2n) is 2.95. The van der Waals surface area contributed by atoms with Gasteiger partial charge in [-0.2, -0.15) is 0 Å². The van der Waals surface area contributed by atoms with Crippen LogP contribution < -0.4 is 5.32 Å². The Morgan fingerprint density at radius 1 is 1.38 bits per heavy atom. The molecule has 0 aliphatic heterocycles. The van der Waals surface area contributed by atoms with E-state index in [-0.39, 0.29) is 0 Å². The Morgan fingerprint density at radius 2 is 1.94 bits per heavy atom. The average Bonchev–Trinajstić information content (AvgIpc) is 2.25. The molecule has 0 fully saturated rings. The lowest BCUT2D eigenvalue weighted by molar-refractivity contribution is 0.170. The molecule has 0 heterocycles. The molecule has 16 heavy (non-hydrogen) atoms. The van der Waals surface area contributed by atoms with Crippen LogP contribution >= 0.6 is 28.3 Å². The lowest BCUT2D eigenvalue weighted by atomic mass is 10.2. The molecule has 0 bridgehead atoms. The number of amides is 1. The number of alkyl carbamates (subject to hydrolysis) is 1. The van der Waals surface area contributed by atoms with Crippen LogP contribution in [0, 0.1) is 0 Å². The molecule has 1 atom stereocenters. The Kier molecular flexibility index (Phi) is 4.66. The Labute approximate surface area is 103 Å². The molecule has 1 rings (SSSR count). The normalized spacial score (nSPS) is 12.9. The topological polar surface area (TPSA) is 55.4 Å². The molecule has 1 N–H and O–H groups in total. The summed E-state index contributed by atoms with van der Waals surface area (Å²) in [5.74, 6) is -4.50. The van der Waals surface area contributed by atoms with Crippen LogP contribution in [0.1, 0.15) is 11.3 Å². The largest absolute Gasteiger partial charge is 0.453 e. The van der Waals surface area contributed by atoms with Crippen molar-refractivity contribution in [2.45, 2.75) is 5.78 Å². The lowest BCUT2D eigenvalue weighted by Crippen LogP contribution is -2.26. The van der Waals surface area contributed by atoms with Crippen molar-refractivity contribution in [3.63, 3.8) is 0 Å². The molecule has 0 radical (unpaired) electrons. The van der Waals surface area contributed by atoms with Crippen molar-refractivity contribution in [3.8, 4) is 0 Å². The van der Waals surface area contributed by atoms with Gasteiger partial charge in [0.1, 0.15) is 5.78 Å². The molecule has 1 aromatic rings. The summed E-state index contributed by atoms with van der Waals surface area (Å²) in [6, 6.07) is 8.57. The van der Waals surface area contributed by atoms with E-state index in [0.29, 0.717) is 5.56 Å². The number of nitrogens with one attached hydrogen (secondary N) is 1. The molecule has 0 saturated carbocycles. The fraction of sp³-hybridized carbons (Fsp3) is 0.222. The molecular weight excluding hydrogens is 272 g/mol. The third-order valence-electron chi connectivity index (χ3n) is 1.86. The van der Waals surface area contributed by atoms with E-state index in [4.69, 9.17) is 22.5 Å². The minimum absolute atomic E-state index is 0.557. The van der Waals surface area contributed by atoms with Crippen LogP contribution in [0.2, 0.25) is 0 Å². The number of rotatable bonds is 3. The molecule has 7 heteroatoms. The third-order valence-corrected chi connectivity index (χ3v) is 4.06. The van der Waals surface area contributed by atoms with Gasteiger partial charge in [-0.25, -0.2) is 4.79 Å². The van der Waals surface area contributed by atoms with Crippen molar-refractivity contribution in [2.24, 2.45) is 0 Å². The third kappa shape index (κ3) is 3.71. The van der Waals surface area contributed by atoms with Crippen LogP contribution in [0.25, 0.3) is 0 Å². The van der Waals surface area contributed by atoms with E-state index in [1.54, 1.807) is 30.3 Å². The maximum atomic E-state index is 11.6. The molecule has 4 nitrogen and oxygen atoms in total. The first kappa shape index (κ1) is 13.4. The zero-order chi connectivity index (χ0) is 12.2. The molecule has 0 aromatic heterocycles. The molecular formula is C9H10Cl2NO3P. The standard InChI is InChI=1S/C9H10Cl2NO3P/c1-15-9(13)12-8(16(10,11)14)7-5-3-2-4-6-7/h2-6,8H,1H3,(H,12,13)/t8-/m1/s1. The number of ether oxygens (including phenoxy) is 1. The van der Waals surface area contributed by atoms with E-state index in [1.807, 2.05) is 0 Å².